The molecule has 2 amide bonds. The van der Waals surface area contributed by atoms with E-state index in [9.17, 15) is 9.59 Å². The minimum atomic E-state index is -0.769. The molecule has 0 spiro atoms. The quantitative estimate of drug-likeness (QED) is 0.627. The molecule has 0 saturated heterocycles. The predicted molar refractivity (Wildman–Crippen MR) is 120 cm³/mol. The molecule has 0 aromatic heterocycles. The third kappa shape index (κ3) is 4.33. The monoisotopic (exact) mass is 415 g/mol. The lowest BCUT2D eigenvalue weighted by Gasteiger charge is -2.42. The molecule has 1 aliphatic heterocycles. The highest BCUT2D eigenvalue weighted by Crippen LogP contribution is 2.37. The Hall–Kier alpha value is -3.92. The van der Waals surface area contributed by atoms with E-state index in [2.05, 4.69) is 11.4 Å². The van der Waals surface area contributed by atoms with E-state index in [1.54, 1.807) is 53.4 Å². The summed E-state index contributed by atoms with van der Waals surface area (Å²) >= 11 is 0. The number of nitrogens with zero attached hydrogens (tertiary/aromatic N) is 2. The summed E-state index contributed by atoms with van der Waals surface area (Å²) in [6, 6.07) is 15.0. The fourth-order valence-corrected chi connectivity index (χ4v) is 3.96. The molecule has 1 heterocycles. The maximum Gasteiger partial charge on any atom is 0.254 e. The van der Waals surface area contributed by atoms with Crippen LogP contribution in [0.25, 0.3) is 0 Å². The average molecular weight is 415 g/mol. The minimum absolute atomic E-state index is 0.150. The second kappa shape index (κ2) is 9.26. The molecule has 4 N–H and O–H groups in total. The summed E-state index contributed by atoms with van der Waals surface area (Å²) in [7, 11) is 0. The lowest BCUT2D eigenvalue weighted by atomic mass is 9.79. The number of nitrogens with two attached hydrogens (primary N) is 1. The smallest absolute Gasteiger partial charge is 0.254 e. The molecule has 7 heteroatoms. The third-order valence-corrected chi connectivity index (χ3v) is 5.24. The number of nitrogens with one attached hydrogen (secondary N) is 2. The van der Waals surface area contributed by atoms with Crippen LogP contribution in [0.1, 0.15) is 41.3 Å². The number of rotatable bonds is 6. The van der Waals surface area contributed by atoms with Gasteiger partial charge in [0, 0.05) is 35.8 Å². The number of amides is 2. The molecule has 158 valence electrons. The van der Waals surface area contributed by atoms with E-state index in [0.29, 0.717) is 34.5 Å². The van der Waals surface area contributed by atoms with E-state index in [1.165, 1.54) is 6.20 Å². The number of hydrogen-bond acceptors (Lipinski definition) is 5. The molecule has 0 saturated carbocycles. The van der Waals surface area contributed by atoms with Gasteiger partial charge in [-0.05, 0) is 35.7 Å². The number of carbonyl (C=O) groups is 2. The number of hydrogen-bond donors (Lipinski definition) is 3. The van der Waals surface area contributed by atoms with Crippen molar-refractivity contribution in [3.05, 3.63) is 77.0 Å². The molecule has 0 radical (unpaired) electrons. The van der Waals surface area contributed by atoms with E-state index < -0.39 is 12.0 Å². The molecule has 1 aliphatic rings. The highest BCUT2D eigenvalue weighted by molar-refractivity contribution is 6.05. The van der Waals surface area contributed by atoms with Crippen LogP contribution in [0.5, 0.6) is 0 Å². The van der Waals surface area contributed by atoms with Crippen molar-refractivity contribution in [3.8, 4) is 6.07 Å². The van der Waals surface area contributed by atoms with Crippen molar-refractivity contribution in [3.63, 3.8) is 0 Å². The zero-order chi connectivity index (χ0) is 22.5. The van der Waals surface area contributed by atoms with Crippen molar-refractivity contribution in [2.75, 3.05) is 11.9 Å². The molecule has 3 rings (SSSR count). The van der Waals surface area contributed by atoms with Crippen molar-refractivity contribution in [2.45, 2.75) is 25.8 Å². The fourth-order valence-electron chi connectivity index (χ4n) is 3.96. The summed E-state index contributed by atoms with van der Waals surface area (Å²) in [5.41, 5.74) is 8.16. The van der Waals surface area contributed by atoms with E-state index in [0.717, 1.165) is 6.21 Å². The first-order valence-electron chi connectivity index (χ1n) is 10.0. The van der Waals surface area contributed by atoms with Crippen LogP contribution in [-0.2, 0) is 4.79 Å². The van der Waals surface area contributed by atoms with Crippen molar-refractivity contribution in [1.82, 2.24) is 4.90 Å². The van der Waals surface area contributed by atoms with Crippen LogP contribution < -0.4 is 11.1 Å². The number of benzene rings is 2. The van der Waals surface area contributed by atoms with Crippen LogP contribution in [0, 0.1) is 22.7 Å². The van der Waals surface area contributed by atoms with Crippen molar-refractivity contribution >= 4 is 23.7 Å². The highest BCUT2D eigenvalue weighted by Gasteiger charge is 2.44. The molecule has 0 aliphatic carbocycles. The Balaban J connectivity index is 2.13. The van der Waals surface area contributed by atoms with Gasteiger partial charge in [0.1, 0.15) is 0 Å². The molecular weight excluding hydrogens is 390 g/mol. The summed E-state index contributed by atoms with van der Waals surface area (Å²) in [5, 5.41) is 19.9. The highest BCUT2D eigenvalue weighted by atomic mass is 16.2. The number of carbonyl (C=O) groups excluding carboxylic acids is 2. The maximum absolute atomic E-state index is 13.5. The first-order valence-corrected chi connectivity index (χ1v) is 10.0. The fraction of sp³-hybridized carbons (Fsp3) is 0.250. The van der Waals surface area contributed by atoms with Gasteiger partial charge in [-0.2, -0.15) is 5.26 Å². The van der Waals surface area contributed by atoms with Gasteiger partial charge >= 0.3 is 0 Å². The van der Waals surface area contributed by atoms with Crippen LogP contribution in [0.15, 0.2) is 60.3 Å². The topological polar surface area (TPSA) is 123 Å². The van der Waals surface area contributed by atoms with E-state index >= 15 is 0 Å². The van der Waals surface area contributed by atoms with Gasteiger partial charge in [0.2, 0.25) is 5.91 Å². The van der Waals surface area contributed by atoms with Gasteiger partial charge in [-0.3, -0.25) is 9.59 Å². The molecule has 0 fully saturated rings. The normalized spacial score (nSPS) is 18.3. The van der Waals surface area contributed by atoms with Gasteiger partial charge in [0.15, 0.2) is 0 Å². The van der Waals surface area contributed by atoms with Gasteiger partial charge in [0.25, 0.3) is 5.91 Å². The maximum atomic E-state index is 13.5. The van der Waals surface area contributed by atoms with E-state index in [1.807, 2.05) is 13.8 Å². The molecule has 2 aromatic rings. The van der Waals surface area contributed by atoms with E-state index in [-0.39, 0.29) is 17.7 Å². The Morgan fingerprint density at radius 1 is 1.29 bits per heavy atom. The van der Waals surface area contributed by atoms with Gasteiger partial charge in [-0.25, -0.2) is 0 Å². The summed E-state index contributed by atoms with van der Waals surface area (Å²) in [4.78, 5) is 28.5. The summed E-state index contributed by atoms with van der Waals surface area (Å²) < 4.78 is 0. The zero-order valence-corrected chi connectivity index (χ0v) is 17.5. The standard InChI is InChI=1S/C24H25N5O2/c1-15(2)14-29-22(17(12-26)13-27)21(19-8-3-4-9-20(19)24(29)31)23(30)28-18-7-5-6-16(10-18)11-25/h3-10,12-13,15,21-22,26H,14,27H2,1-2H3,(H,28,30)/b17-13+,26-12?/t21-,22+/m0/s1. The molecular formula is C24H25N5O2. The summed E-state index contributed by atoms with van der Waals surface area (Å²) in [5.74, 6) is -1.15. The van der Waals surface area contributed by atoms with Gasteiger partial charge < -0.3 is 21.4 Å². The Morgan fingerprint density at radius 2 is 2.03 bits per heavy atom. The number of nitriles is 1. The third-order valence-electron chi connectivity index (χ3n) is 5.24. The largest absolute Gasteiger partial charge is 0.404 e. The zero-order valence-electron chi connectivity index (χ0n) is 17.5. The van der Waals surface area contributed by atoms with Crippen LogP contribution in [0.4, 0.5) is 5.69 Å². The molecule has 31 heavy (non-hydrogen) atoms. The Labute approximate surface area is 181 Å². The Kier molecular flexibility index (Phi) is 6.51. The molecule has 2 aromatic carbocycles. The van der Waals surface area contributed by atoms with Gasteiger partial charge in [0.05, 0.1) is 23.6 Å². The second-order valence-corrected chi connectivity index (χ2v) is 7.85. The minimum Gasteiger partial charge on any atom is -0.404 e. The SMILES string of the molecule is CC(C)CN1C(=O)c2ccccc2[C@H](C(=O)Nc2cccc(C#N)c2)[C@H]1/C(C=N)=C/N. The molecule has 0 bridgehead atoms. The average Bonchev–Trinajstić information content (AvgIpc) is 2.77. The van der Waals surface area contributed by atoms with Crippen molar-refractivity contribution in [2.24, 2.45) is 11.7 Å². The van der Waals surface area contributed by atoms with Crippen molar-refractivity contribution < 1.29 is 9.59 Å². The van der Waals surface area contributed by atoms with Gasteiger partial charge in [-0.15, -0.1) is 0 Å². The van der Waals surface area contributed by atoms with Crippen LogP contribution in [0.3, 0.4) is 0 Å². The second-order valence-electron chi connectivity index (χ2n) is 7.85. The van der Waals surface area contributed by atoms with Gasteiger partial charge in [-0.1, -0.05) is 38.1 Å². The predicted octanol–water partition coefficient (Wildman–Crippen LogP) is 3.25. The van der Waals surface area contributed by atoms with Crippen molar-refractivity contribution in [1.29, 1.82) is 10.7 Å². The lowest BCUT2D eigenvalue weighted by molar-refractivity contribution is -0.118. The molecule has 2 atom stereocenters. The van der Waals surface area contributed by atoms with Crippen LogP contribution in [0.2, 0.25) is 0 Å². The first-order chi connectivity index (χ1) is 14.9. The van der Waals surface area contributed by atoms with Crippen LogP contribution in [-0.4, -0.2) is 35.5 Å². The number of fused-ring (bicyclic) bond motifs is 1. The Bertz CT molecular complexity index is 1080. The van der Waals surface area contributed by atoms with E-state index in [4.69, 9.17) is 16.4 Å². The molecule has 7 nitrogen and oxygen atoms in total. The Morgan fingerprint density at radius 3 is 2.68 bits per heavy atom. The van der Waals surface area contributed by atoms with Crippen LogP contribution >= 0.6 is 0 Å². The lowest BCUT2D eigenvalue weighted by Crippen LogP contribution is -2.53. The summed E-state index contributed by atoms with van der Waals surface area (Å²) in [6.07, 6.45) is 2.37. The summed E-state index contributed by atoms with van der Waals surface area (Å²) in [6.45, 7) is 4.39. The number of anilines is 1. The molecule has 0 unspecified atom stereocenters. The first kappa shape index (κ1) is 21.8.